The Balaban J connectivity index is 1.57. The summed E-state index contributed by atoms with van der Waals surface area (Å²) in [6.45, 7) is 8.02. The summed E-state index contributed by atoms with van der Waals surface area (Å²) in [5, 5.41) is 12.2. The number of benzene rings is 2. The van der Waals surface area contributed by atoms with E-state index >= 15 is 0 Å². The largest absolute Gasteiger partial charge is 0.482 e. The first-order valence-electron chi connectivity index (χ1n) is 9.95. The number of thioether (sulfide) groups is 1. The van der Waals surface area contributed by atoms with Gasteiger partial charge in [-0.15, -0.1) is 10.2 Å². The van der Waals surface area contributed by atoms with Gasteiger partial charge in [-0.05, 0) is 44.9 Å². The Hall–Kier alpha value is -2.80. The molecule has 1 amide bonds. The monoisotopic (exact) mass is 424 g/mol. The smallest absolute Gasteiger partial charge is 0.230 e. The van der Waals surface area contributed by atoms with Crippen LogP contribution in [0.1, 0.15) is 48.5 Å². The highest BCUT2D eigenvalue weighted by Gasteiger charge is 2.19. The lowest BCUT2D eigenvalue weighted by molar-refractivity contribution is -0.119. The Morgan fingerprint density at radius 1 is 1.13 bits per heavy atom. The molecule has 7 heteroatoms. The van der Waals surface area contributed by atoms with E-state index in [1.807, 2.05) is 74.9 Å². The molecule has 1 N–H and O–H groups in total. The van der Waals surface area contributed by atoms with E-state index in [9.17, 15) is 4.79 Å². The van der Waals surface area contributed by atoms with E-state index in [1.54, 1.807) is 0 Å². The average molecular weight is 425 g/mol. The second-order valence-corrected chi connectivity index (χ2v) is 8.36. The van der Waals surface area contributed by atoms with Gasteiger partial charge in [0.05, 0.1) is 11.8 Å². The molecule has 158 valence electrons. The van der Waals surface area contributed by atoms with Crippen molar-refractivity contribution in [2.24, 2.45) is 7.05 Å². The minimum atomic E-state index is -0.259. The fourth-order valence-electron chi connectivity index (χ4n) is 3.22. The van der Waals surface area contributed by atoms with Crippen LogP contribution in [0.4, 0.5) is 0 Å². The molecule has 6 nitrogen and oxygen atoms in total. The normalized spacial score (nSPS) is 13.0. The lowest BCUT2D eigenvalue weighted by atomic mass is 10.1. The van der Waals surface area contributed by atoms with Crippen LogP contribution in [0.5, 0.6) is 5.75 Å². The standard InChI is InChI=1S/C23H28N4O2S/c1-15-11-12-20(16(2)13-15)29-18(4)22-25-26-23(27(22)5)30-14-21(28)24-17(3)19-9-7-6-8-10-19/h6-13,17-18H,14H2,1-5H3,(H,24,28). The minimum absolute atomic E-state index is 0.0412. The first kappa shape index (κ1) is 21.9. The molecule has 2 atom stereocenters. The molecular weight excluding hydrogens is 396 g/mol. The third kappa shape index (κ3) is 5.42. The topological polar surface area (TPSA) is 69.0 Å². The summed E-state index contributed by atoms with van der Waals surface area (Å²) < 4.78 is 7.98. The van der Waals surface area contributed by atoms with E-state index in [1.165, 1.54) is 17.3 Å². The number of carbonyl (C=O) groups excluding carboxylic acids is 1. The summed E-state index contributed by atoms with van der Waals surface area (Å²) in [4.78, 5) is 12.3. The lowest BCUT2D eigenvalue weighted by Gasteiger charge is -2.16. The molecule has 0 aliphatic rings. The van der Waals surface area contributed by atoms with Crippen LogP contribution in [0.3, 0.4) is 0 Å². The summed E-state index contributed by atoms with van der Waals surface area (Å²) in [6.07, 6.45) is -0.259. The average Bonchev–Trinajstić information content (AvgIpc) is 3.09. The van der Waals surface area contributed by atoms with E-state index in [2.05, 4.69) is 28.5 Å². The lowest BCUT2D eigenvalue weighted by Crippen LogP contribution is -2.28. The zero-order chi connectivity index (χ0) is 21.7. The molecule has 0 radical (unpaired) electrons. The van der Waals surface area contributed by atoms with Crippen molar-refractivity contribution in [2.45, 2.75) is 45.0 Å². The fraction of sp³-hybridized carbons (Fsp3) is 0.348. The van der Waals surface area contributed by atoms with Crippen LogP contribution in [0.2, 0.25) is 0 Å². The third-order valence-corrected chi connectivity index (χ3v) is 5.90. The quantitative estimate of drug-likeness (QED) is 0.538. The highest BCUT2D eigenvalue weighted by molar-refractivity contribution is 7.99. The first-order valence-corrected chi connectivity index (χ1v) is 10.9. The van der Waals surface area contributed by atoms with E-state index in [4.69, 9.17) is 4.74 Å². The predicted molar refractivity (Wildman–Crippen MR) is 120 cm³/mol. The van der Waals surface area contributed by atoms with Gasteiger partial charge in [0.15, 0.2) is 17.1 Å². The van der Waals surface area contributed by atoms with Crippen molar-refractivity contribution in [1.29, 1.82) is 0 Å². The van der Waals surface area contributed by atoms with Gasteiger partial charge in [0.1, 0.15) is 5.75 Å². The number of ether oxygens (including phenoxy) is 1. The van der Waals surface area contributed by atoms with Gasteiger partial charge in [0, 0.05) is 7.05 Å². The number of aromatic nitrogens is 3. The number of amides is 1. The first-order chi connectivity index (χ1) is 14.3. The second-order valence-electron chi connectivity index (χ2n) is 7.42. The van der Waals surface area contributed by atoms with Crippen molar-refractivity contribution in [3.8, 4) is 5.75 Å². The van der Waals surface area contributed by atoms with Crippen LogP contribution < -0.4 is 10.1 Å². The molecule has 2 aromatic carbocycles. The molecule has 0 saturated carbocycles. The van der Waals surface area contributed by atoms with Gasteiger partial charge in [-0.3, -0.25) is 4.79 Å². The highest BCUT2D eigenvalue weighted by atomic mass is 32.2. The van der Waals surface area contributed by atoms with Crippen LogP contribution >= 0.6 is 11.8 Å². The SMILES string of the molecule is Cc1ccc(OC(C)c2nnc(SCC(=O)NC(C)c3ccccc3)n2C)c(C)c1. The molecule has 0 bridgehead atoms. The zero-order valence-corrected chi connectivity index (χ0v) is 18.9. The third-order valence-electron chi connectivity index (χ3n) is 4.88. The Morgan fingerprint density at radius 2 is 1.87 bits per heavy atom. The number of hydrogen-bond donors (Lipinski definition) is 1. The summed E-state index contributed by atoms with van der Waals surface area (Å²) in [7, 11) is 1.89. The van der Waals surface area contributed by atoms with E-state index in [0.29, 0.717) is 5.16 Å². The van der Waals surface area contributed by atoms with Crippen molar-refractivity contribution in [3.63, 3.8) is 0 Å². The highest BCUT2D eigenvalue weighted by Crippen LogP contribution is 2.26. The number of nitrogens with zero attached hydrogens (tertiary/aromatic N) is 3. The zero-order valence-electron chi connectivity index (χ0n) is 18.0. The molecular formula is C23H28N4O2S. The second kappa shape index (κ2) is 9.80. The number of aryl methyl sites for hydroxylation is 2. The Morgan fingerprint density at radius 3 is 2.57 bits per heavy atom. The van der Waals surface area contributed by atoms with Crippen molar-refractivity contribution in [2.75, 3.05) is 5.75 Å². The molecule has 1 heterocycles. The van der Waals surface area contributed by atoms with Gasteiger partial charge in [-0.2, -0.15) is 0 Å². The van der Waals surface area contributed by atoms with Gasteiger partial charge in [-0.25, -0.2) is 0 Å². The van der Waals surface area contributed by atoms with Crippen molar-refractivity contribution >= 4 is 17.7 Å². The van der Waals surface area contributed by atoms with Crippen LogP contribution in [0.25, 0.3) is 0 Å². The molecule has 0 aliphatic heterocycles. The molecule has 0 spiro atoms. The molecule has 1 aromatic heterocycles. The minimum Gasteiger partial charge on any atom is -0.482 e. The maximum atomic E-state index is 12.3. The molecule has 0 fully saturated rings. The van der Waals surface area contributed by atoms with Gasteiger partial charge in [-0.1, -0.05) is 59.8 Å². The van der Waals surface area contributed by atoms with E-state index < -0.39 is 0 Å². The van der Waals surface area contributed by atoms with Crippen molar-refractivity contribution in [3.05, 3.63) is 71.0 Å². The molecule has 30 heavy (non-hydrogen) atoms. The van der Waals surface area contributed by atoms with E-state index in [-0.39, 0.29) is 23.8 Å². The van der Waals surface area contributed by atoms with Crippen molar-refractivity contribution < 1.29 is 9.53 Å². The number of rotatable bonds is 8. The maximum Gasteiger partial charge on any atom is 0.230 e. The van der Waals surface area contributed by atoms with E-state index in [0.717, 1.165) is 22.7 Å². The fourth-order valence-corrected chi connectivity index (χ4v) is 3.95. The molecule has 0 saturated heterocycles. The Bertz CT molecular complexity index is 1000. The van der Waals surface area contributed by atoms with Crippen molar-refractivity contribution in [1.82, 2.24) is 20.1 Å². The van der Waals surface area contributed by atoms with Gasteiger partial charge < -0.3 is 14.6 Å². The number of hydrogen-bond acceptors (Lipinski definition) is 5. The number of nitrogens with one attached hydrogen (secondary N) is 1. The molecule has 2 unspecified atom stereocenters. The maximum absolute atomic E-state index is 12.3. The number of carbonyl (C=O) groups is 1. The van der Waals surface area contributed by atoms with Crippen LogP contribution in [0.15, 0.2) is 53.7 Å². The summed E-state index contributed by atoms with van der Waals surface area (Å²) >= 11 is 1.36. The van der Waals surface area contributed by atoms with Crippen LogP contribution in [0, 0.1) is 13.8 Å². The Labute approximate surface area is 182 Å². The Kier molecular flexibility index (Phi) is 7.15. The predicted octanol–water partition coefficient (Wildman–Crippen LogP) is 4.54. The van der Waals surface area contributed by atoms with Crippen LogP contribution in [-0.2, 0) is 11.8 Å². The molecule has 3 aromatic rings. The van der Waals surface area contributed by atoms with Gasteiger partial charge >= 0.3 is 0 Å². The molecule has 3 rings (SSSR count). The van der Waals surface area contributed by atoms with Gasteiger partial charge in [0.2, 0.25) is 5.91 Å². The molecule has 0 aliphatic carbocycles. The summed E-state index contributed by atoms with van der Waals surface area (Å²) in [5.74, 6) is 1.78. The summed E-state index contributed by atoms with van der Waals surface area (Å²) in [6, 6.07) is 16.0. The van der Waals surface area contributed by atoms with Gasteiger partial charge in [0.25, 0.3) is 0 Å². The summed E-state index contributed by atoms with van der Waals surface area (Å²) in [5.41, 5.74) is 3.36. The van der Waals surface area contributed by atoms with Crippen LogP contribution in [-0.4, -0.2) is 26.4 Å².